The van der Waals surface area contributed by atoms with E-state index in [0.29, 0.717) is 11.1 Å². The fourth-order valence-corrected chi connectivity index (χ4v) is 1.43. The van der Waals surface area contributed by atoms with Crippen molar-refractivity contribution < 1.29 is 14.7 Å². The van der Waals surface area contributed by atoms with Gasteiger partial charge in [0.2, 0.25) is 0 Å². The van der Waals surface area contributed by atoms with Crippen LogP contribution in [0.2, 0.25) is 0 Å². The molecule has 0 aliphatic heterocycles. The number of benzene rings is 1. The number of aliphatic hydroxyl groups is 1. The van der Waals surface area contributed by atoms with Crippen LogP contribution in [0.25, 0.3) is 0 Å². The van der Waals surface area contributed by atoms with Gasteiger partial charge in [0.25, 0.3) is 5.91 Å². The standard InChI is InChI=1S/C12H15NO3/c1-8(14)9-6-4-5-7-10(9)11(15)12(16)13(2)3/h4-7,11,15H,1-3H3/t11-/m0/s1. The Kier molecular flexibility index (Phi) is 3.79. The summed E-state index contributed by atoms with van der Waals surface area (Å²) in [5, 5.41) is 9.85. The largest absolute Gasteiger partial charge is 0.378 e. The van der Waals surface area contributed by atoms with Gasteiger partial charge in [-0.2, -0.15) is 0 Å². The molecule has 1 N–H and O–H groups in total. The van der Waals surface area contributed by atoms with Crippen LogP contribution in [0.4, 0.5) is 0 Å². The predicted molar refractivity (Wildman–Crippen MR) is 60.1 cm³/mol. The molecule has 0 fully saturated rings. The zero-order valence-corrected chi connectivity index (χ0v) is 9.60. The van der Waals surface area contributed by atoms with Crippen molar-refractivity contribution in [3.8, 4) is 0 Å². The van der Waals surface area contributed by atoms with Crippen LogP contribution in [0.5, 0.6) is 0 Å². The first kappa shape index (κ1) is 12.4. The molecular formula is C12H15NO3. The molecule has 16 heavy (non-hydrogen) atoms. The average Bonchev–Trinajstić information content (AvgIpc) is 2.26. The zero-order chi connectivity index (χ0) is 12.3. The summed E-state index contributed by atoms with van der Waals surface area (Å²) >= 11 is 0. The van der Waals surface area contributed by atoms with Crippen LogP contribution in [0.1, 0.15) is 28.9 Å². The van der Waals surface area contributed by atoms with Crippen molar-refractivity contribution in [2.75, 3.05) is 14.1 Å². The van der Waals surface area contributed by atoms with Crippen LogP contribution in [0.15, 0.2) is 24.3 Å². The lowest BCUT2D eigenvalue weighted by Crippen LogP contribution is -2.28. The third-order valence-corrected chi connectivity index (χ3v) is 2.31. The molecule has 0 bridgehead atoms. The van der Waals surface area contributed by atoms with Gasteiger partial charge in [0.1, 0.15) is 0 Å². The molecule has 0 radical (unpaired) electrons. The number of Topliss-reactive ketones (excluding diaryl/α,β-unsaturated/α-hetero) is 1. The smallest absolute Gasteiger partial charge is 0.255 e. The number of likely N-dealkylation sites (N-methyl/N-ethyl adjacent to an activating group) is 1. The van der Waals surface area contributed by atoms with Crippen molar-refractivity contribution in [3.05, 3.63) is 35.4 Å². The first-order valence-electron chi connectivity index (χ1n) is 4.94. The van der Waals surface area contributed by atoms with Gasteiger partial charge >= 0.3 is 0 Å². The molecule has 0 saturated carbocycles. The summed E-state index contributed by atoms with van der Waals surface area (Å²) < 4.78 is 0. The first-order chi connectivity index (χ1) is 7.45. The number of carbonyl (C=O) groups is 2. The first-order valence-corrected chi connectivity index (χ1v) is 4.94. The van der Waals surface area contributed by atoms with Crippen molar-refractivity contribution in [2.24, 2.45) is 0 Å². The molecule has 1 aromatic rings. The topological polar surface area (TPSA) is 57.6 Å². The Balaban J connectivity index is 3.13. The molecule has 1 amide bonds. The molecule has 1 rings (SSSR count). The van der Waals surface area contributed by atoms with Gasteiger partial charge in [-0.15, -0.1) is 0 Å². The lowest BCUT2D eigenvalue weighted by molar-refractivity contribution is -0.137. The van der Waals surface area contributed by atoms with E-state index in [2.05, 4.69) is 0 Å². The number of nitrogens with zero attached hydrogens (tertiary/aromatic N) is 1. The van der Waals surface area contributed by atoms with Gasteiger partial charge in [-0.1, -0.05) is 24.3 Å². The fraction of sp³-hybridized carbons (Fsp3) is 0.333. The Morgan fingerprint density at radius 2 is 1.81 bits per heavy atom. The number of carbonyl (C=O) groups excluding carboxylic acids is 2. The summed E-state index contributed by atoms with van der Waals surface area (Å²) in [5.41, 5.74) is 0.735. The minimum absolute atomic E-state index is 0.166. The second kappa shape index (κ2) is 4.90. The van der Waals surface area contributed by atoms with E-state index < -0.39 is 12.0 Å². The molecule has 0 spiro atoms. The van der Waals surface area contributed by atoms with E-state index in [4.69, 9.17) is 0 Å². The summed E-state index contributed by atoms with van der Waals surface area (Å²) in [6.07, 6.45) is -1.28. The third-order valence-electron chi connectivity index (χ3n) is 2.31. The Labute approximate surface area is 94.5 Å². The summed E-state index contributed by atoms with van der Waals surface area (Å²) in [6.45, 7) is 1.41. The molecule has 1 aromatic carbocycles. The molecule has 4 heteroatoms. The Morgan fingerprint density at radius 3 is 2.31 bits per heavy atom. The van der Waals surface area contributed by atoms with Crippen LogP contribution in [0, 0.1) is 0 Å². The van der Waals surface area contributed by atoms with E-state index in [0.717, 1.165) is 0 Å². The molecule has 86 valence electrons. The van der Waals surface area contributed by atoms with Gasteiger partial charge in [-0.3, -0.25) is 9.59 Å². The van der Waals surface area contributed by atoms with E-state index in [-0.39, 0.29) is 5.78 Å². The Bertz CT molecular complexity index is 412. The second-order valence-corrected chi connectivity index (χ2v) is 3.78. The van der Waals surface area contributed by atoms with Crippen LogP contribution in [-0.4, -0.2) is 35.8 Å². The highest BCUT2D eigenvalue weighted by Gasteiger charge is 2.22. The monoisotopic (exact) mass is 221 g/mol. The van der Waals surface area contributed by atoms with Gasteiger partial charge < -0.3 is 10.0 Å². The van der Waals surface area contributed by atoms with E-state index in [1.807, 2.05) is 0 Å². The van der Waals surface area contributed by atoms with E-state index in [9.17, 15) is 14.7 Å². The van der Waals surface area contributed by atoms with Crippen molar-refractivity contribution in [3.63, 3.8) is 0 Å². The number of amides is 1. The highest BCUT2D eigenvalue weighted by Crippen LogP contribution is 2.19. The maximum Gasteiger partial charge on any atom is 0.255 e. The lowest BCUT2D eigenvalue weighted by Gasteiger charge is -2.17. The molecule has 0 heterocycles. The summed E-state index contributed by atoms with van der Waals surface area (Å²) in [4.78, 5) is 24.2. The molecule has 4 nitrogen and oxygen atoms in total. The van der Waals surface area contributed by atoms with Crippen LogP contribution in [-0.2, 0) is 4.79 Å². The van der Waals surface area contributed by atoms with E-state index in [1.54, 1.807) is 38.4 Å². The van der Waals surface area contributed by atoms with Crippen LogP contribution < -0.4 is 0 Å². The molecule has 0 saturated heterocycles. The lowest BCUT2D eigenvalue weighted by atomic mass is 9.99. The number of rotatable bonds is 3. The average molecular weight is 221 g/mol. The molecule has 0 aromatic heterocycles. The predicted octanol–water partition coefficient (Wildman–Crippen LogP) is 1.01. The zero-order valence-electron chi connectivity index (χ0n) is 9.60. The maximum atomic E-state index is 11.6. The number of hydrogen-bond donors (Lipinski definition) is 1. The third kappa shape index (κ3) is 2.46. The minimum Gasteiger partial charge on any atom is -0.378 e. The van der Waals surface area contributed by atoms with Gasteiger partial charge in [0.05, 0.1) is 0 Å². The second-order valence-electron chi connectivity index (χ2n) is 3.78. The number of aliphatic hydroxyl groups excluding tert-OH is 1. The van der Waals surface area contributed by atoms with Gasteiger partial charge in [0.15, 0.2) is 11.9 Å². The fourth-order valence-electron chi connectivity index (χ4n) is 1.43. The maximum absolute atomic E-state index is 11.6. The highest BCUT2D eigenvalue weighted by atomic mass is 16.3. The molecule has 0 aliphatic carbocycles. The van der Waals surface area contributed by atoms with Crippen LogP contribution in [0.3, 0.4) is 0 Å². The summed E-state index contributed by atoms with van der Waals surface area (Å²) in [7, 11) is 3.11. The Morgan fingerprint density at radius 1 is 1.25 bits per heavy atom. The normalized spacial score (nSPS) is 12.0. The molecule has 0 aliphatic rings. The van der Waals surface area contributed by atoms with E-state index >= 15 is 0 Å². The SMILES string of the molecule is CC(=O)c1ccccc1[C@H](O)C(=O)N(C)C. The summed E-state index contributed by atoms with van der Waals surface area (Å²) in [5.74, 6) is -0.602. The minimum atomic E-state index is -1.28. The molecule has 1 atom stereocenters. The Hall–Kier alpha value is -1.68. The van der Waals surface area contributed by atoms with Crippen molar-refractivity contribution in [1.82, 2.24) is 4.90 Å². The quantitative estimate of drug-likeness (QED) is 0.775. The van der Waals surface area contributed by atoms with Gasteiger partial charge in [-0.05, 0) is 6.92 Å². The van der Waals surface area contributed by atoms with Gasteiger partial charge in [0, 0.05) is 25.2 Å². The summed E-state index contributed by atoms with van der Waals surface area (Å²) in [6, 6.07) is 6.58. The van der Waals surface area contributed by atoms with Gasteiger partial charge in [-0.25, -0.2) is 0 Å². The van der Waals surface area contributed by atoms with Crippen molar-refractivity contribution >= 4 is 11.7 Å². The van der Waals surface area contributed by atoms with Crippen molar-refractivity contribution in [1.29, 1.82) is 0 Å². The molecule has 0 unspecified atom stereocenters. The highest BCUT2D eigenvalue weighted by molar-refractivity contribution is 5.97. The van der Waals surface area contributed by atoms with Crippen LogP contribution >= 0.6 is 0 Å². The molecular weight excluding hydrogens is 206 g/mol. The number of ketones is 1. The number of hydrogen-bond acceptors (Lipinski definition) is 3. The van der Waals surface area contributed by atoms with E-state index in [1.165, 1.54) is 11.8 Å². The van der Waals surface area contributed by atoms with Crippen molar-refractivity contribution in [2.45, 2.75) is 13.0 Å².